The summed E-state index contributed by atoms with van der Waals surface area (Å²) in [5, 5.41) is 0. The van der Waals surface area contributed by atoms with Crippen molar-refractivity contribution in [1.29, 1.82) is 0 Å². The molecule has 0 aliphatic carbocycles. The molecule has 0 aliphatic rings. The van der Waals surface area contributed by atoms with Gasteiger partial charge in [-0.1, -0.05) is 83.3 Å². The van der Waals surface area contributed by atoms with Gasteiger partial charge in [-0.3, -0.25) is 4.55 Å². The Morgan fingerprint density at radius 2 is 1.09 bits per heavy atom. The summed E-state index contributed by atoms with van der Waals surface area (Å²) in [5.41, 5.74) is 0. The van der Waals surface area contributed by atoms with Crippen molar-refractivity contribution < 1.29 is 13.0 Å². The lowest BCUT2D eigenvalue weighted by atomic mass is 10.1. The summed E-state index contributed by atoms with van der Waals surface area (Å²) in [6, 6.07) is 0. The Balaban J connectivity index is 3.14. The number of unbranched alkanes of at least 4 members (excludes halogenated alkanes) is 12. The molecule has 4 heteroatoms. The van der Waals surface area contributed by atoms with E-state index >= 15 is 0 Å². The third-order valence-corrected chi connectivity index (χ3v) is 4.72. The molecule has 0 saturated heterocycles. The molecule has 0 radical (unpaired) electrons. The zero-order valence-electron chi connectivity index (χ0n) is 14.4. The van der Waals surface area contributed by atoms with Crippen LogP contribution in [0.2, 0.25) is 0 Å². The van der Waals surface area contributed by atoms with E-state index in [1.807, 2.05) is 6.08 Å². The smallest absolute Gasteiger partial charge is 0.264 e. The molecule has 132 valence electrons. The number of allylic oxidation sites excluding steroid dienone is 2. The average Bonchev–Trinajstić information content (AvgIpc) is 2.45. The summed E-state index contributed by atoms with van der Waals surface area (Å²) in [4.78, 5) is 0. The van der Waals surface area contributed by atoms with Crippen LogP contribution in [0, 0.1) is 0 Å². The third-order valence-electron chi connectivity index (χ3n) is 3.91. The maximum Gasteiger partial charge on any atom is 0.264 e. The van der Waals surface area contributed by atoms with Crippen molar-refractivity contribution in [1.82, 2.24) is 0 Å². The zero-order valence-corrected chi connectivity index (χ0v) is 15.2. The first kappa shape index (κ1) is 21.6. The van der Waals surface area contributed by atoms with E-state index in [9.17, 15) is 8.42 Å². The Kier molecular flexibility index (Phi) is 15.3. The van der Waals surface area contributed by atoms with Crippen LogP contribution in [0.25, 0.3) is 0 Å². The van der Waals surface area contributed by atoms with Gasteiger partial charge in [-0.15, -0.1) is 0 Å². The van der Waals surface area contributed by atoms with E-state index in [0.29, 0.717) is 6.42 Å². The van der Waals surface area contributed by atoms with E-state index in [4.69, 9.17) is 4.55 Å². The van der Waals surface area contributed by atoms with E-state index in [1.54, 1.807) is 0 Å². The first-order chi connectivity index (χ1) is 10.6. The second-order valence-corrected chi connectivity index (χ2v) is 7.80. The lowest BCUT2D eigenvalue weighted by Gasteiger charge is -2.01. The summed E-state index contributed by atoms with van der Waals surface area (Å²) in [5.74, 6) is -0.129. The molecule has 0 bridgehead atoms. The van der Waals surface area contributed by atoms with E-state index in [-0.39, 0.29) is 5.75 Å². The summed E-state index contributed by atoms with van der Waals surface area (Å²) >= 11 is 0. The minimum atomic E-state index is -3.78. The molecule has 22 heavy (non-hydrogen) atoms. The molecule has 0 saturated carbocycles. The average molecular weight is 333 g/mol. The fraction of sp³-hybridized carbons (Fsp3) is 0.889. The molecule has 0 fully saturated rings. The lowest BCUT2D eigenvalue weighted by molar-refractivity contribution is 0.481. The second-order valence-electron chi connectivity index (χ2n) is 6.22. The van der Waals surface area contributed by atoms with Crippen molar-refractivity contribution in [3.05, 3.63) is 12.2 Å². The minimum Gasteiger partial charge on any atom is -0.286 e. The third kappa shape index (κ3) is 19.7. The predicted molar refractivity (Wildman–Crippen MR) is 95.9 cm³/mol. The number of hydrogen-bond donors (Lipinski definition) is 1. The maximum absolute atomic E-state index is 10.5. The molecule has 0 aromatic carbocycles. The quantitative estimate of drug-likeness (QED) is 0.217. The standard InChI is InChI=1S/C18H36O3S/c1-2-3-4-5-6-7-8-9-10-11-12-13-14-15-16-17-18-22(19,20)21/h14-15H,2-13,16-18H2,1H3,(H,19,20,21). The Labute approximate surface area is 138 Å². The van der Waals surface area contributed by atoms with E-state index in [1.165, 1.54) is 70.6 Å². The summed E-state index contributed by atoms with van der Waals surface area (Å²) in [6.07, 6.45) is 21.5. The highest BCUT2D eigenvalue weighted by atomic mass is 32.2. The Morgan fingerprint density at radius 3 is 1.55 bits per heavy atom. The van der Waals surface area contributed by atoms with Crippen molar-refractivity contribution in [2.24, 2.45) is 0 Å². The van der Waals surface area contributed by atoms with Crippen LogP contribution in [0.1, 0.15) is 96.8 Å². The van der Waals surface area contributed by atoms with Crippen LogP contribution in [0.5, 0.6) is 0 Å². The van der Waals surface area contributed by atoms with E-state index in [2.05, 4.69) is 13.0 Å². The minimum absolute atomic E-state index is 0.129. The SMILES string of the molecule is CCCCCCCCCCCCCC=CCCCS(=O)(=O)O. The Morgan fingerprint density at radius 1 is 0.682 bits per heavy atom. The predicted octanol–water partition coefficient (Wildman–Crippen LogP) is 5.91. The molecule has 0 amide bonds. The highest BCUT2D eigenvalue weighted by molar-refractivity contribution is 7.85. The summed E-state index contributed by atoms with van der Waals surface area (Å²) in [6.45, 7) is 2.26. The molecule has 0 heterocycles. The zero-order chi connectivity index (χ0) is 16.5. The van der Waals surface area contributed by atoms with Crippen LogP contribution in [-0.4, -0.2) is 18.7 Å². The van der Waals surface area contributed by atoms with Gasteiger partial charge in [0.25, 0.3) is 10.1 Å². The van der Waals surface area contributed by atoms with Crippen molar-refractivity contribution in [2.75, 3.05) is 5.75 Å². The molecule has 0 rings (SSSR count). The second kappa shape index (κ2) is 15.5. The van der Waals surface area contributed by atoms with Crippen LogP contribution in [-0.2, 0) is 10.1 Å². The van der Waals surface area contributed by atoms with Crippen LogP contribution >= 0.6 is 0 Å². The molecule has 0 spiro atoms. The fourth-order valence-corrected chi connectivity index (χ4v) is 3.08. The molecule has 0 aliphatic heterocycles. The van der Waals surface area contributed by atoms with Crippen molar-refractivity contribution in [2.45, 2.75) is 96.8 Å². The van der Waals surface area contributed by atoms with Gasteiger partial charge in [-0.05, 0) is 25.7 Å². The van der Waals surface area contributed by atoms with Crippen molar-refractivity contribution in [3.8, 4) is 0 Å². The van der Waals surface area contributed by atoms with Crippen LogP contribution in [0.4, 0.5) is 0 Å². The molecule has 1 N–H and O–H groups in total. The monoisotopic (exact) mass is 332 g/mol. The van der Waals surface area contributed by atoms with Gasteiger partial charge in [0.15, 0.2) is 0 Å². The van der Waals surface area contributed by atoms with Gasteiger partial charge in [0.1, 0.15) is 0 Å². The van der Waals surface area contributed by atoms with Gasteiger partial charge < -0.3 is 0 Å². The molecule has 0 atom stereocenters. The Bertz CT molecular complexity index is 347. The molecular weight excluding hydrogens is 296 g/mol. The normalized spacial score (nSPS) is 12.3. The number of hydrogen-bond acceptors (Lipinski definition) is 2. The summed E-state index contributed by atoms with van der Waals surface area (Å²) < 4.78 is 29.6. The highest BCUT2D eigenvalue weighted by Gasteiger charge is 2.01. The lowest BCUT2D eigenvalue weighted by Crippen LogP contribution is -2.02. The first-order valence-corrected chi connectivity index (χ1v) is 10.8. The van der Waals surface area contributed by atoms with Gasteiger partial charge in [-0.2, -0.15) is 8.42 Å². The van der Waals surface area contributed by atoms with Gasteiger partial charge in [0.2, 0.25) is 0 Å². The van der Waals surface area contributed by atoms with E-state index < -0.39 is 10.1 Å². The van der Waals surface area contributed by atoms with E-state index in [0.717, 1.165) is 12.8 Å². The van der Waals surface area contributed by atoms with Crippen LogP contribution < -0.4 is 0 Å². The van der Waals surface area contributed by atoms with Gasteiger partial charge >= 0.3 is 0 Å². The molecular formula is C18H36O3S. The topological polar surface area (TPSA) is 54.4 Å². The summed E-state index contributed by atoms with van der Waals surface area (Å²) in [7, 11) is -3.78. The molecule has 3 nitrogen and oxygen atoms in total. The Hall–Kier alpha value is -0.350. The van der Waals surface area contributed by atoms with Gasteiger partial charge in [0, 0.05) is 0 Å². The van der Waals surface area contributed by atoms with Gasteiger partial charge in [-0.25, -0.2) is 0 Å². The van der Waals surface area contributed by atoms with Crippen molar-refractivity contribution in [3.63, 3.8) is 0 Å². The maximum atomic E-state index is 10.5. The van der Waals surface area contributed by atoms with Crippen LogP contribution in [0.3, 0.4) is 0 Å². The number of rotatable bonds is 16. The van der Waals surface area contributed by atoms with Crippen molar-refractivity contribution >= 4 is 10.1 Å². The highest BCUT2D eigenvalue weighted by Crippen LogP contribution is 2.12. The van der Waals surface area contributed by atoms with Crippen LogP contribution in [0.15, 0.2) is 12.2 Å². The molecule has 0 aromatic rings. The molecule has 0 aromatic heterocycles. The van der Waals surface area contributed by atoms with Gasteiger partial charge in [0.05, 0.1) is 5.75 Å². The fourth-order valence-electron chi connectivity index (χ4n) is 2.55. The molecule has 0 unspecified atom stereocenters. The first-order valence-electron chi connectivity index (χ1n) is 9.16. The largest absolute Gasteiger partial charge is 0.286 e.